The van der Waals surface area contributed by atoms with Crippen LogP contribution in [0.1, 0.15) is 41.9 Å². The maximum Gasteiger partial charge on any atom is 0.303 e. The predicted octanol–water partition coefficient (Wildman–Crippen LogP) is 2.01. The second-order valence-electron chi connectivity index (χ2n) is 3.51. The Hall–Kier alpha value is -1.58. The van der Waals surface area contributed by atoms with Crippen LogP contribution in [-0.2, 0) is 11.2 Å². The number of carboxylic acids is 1. The second-order valence-corrected chi connectivity index (χ2v) is 3.51. The predicted molar refractivity (Wildman–Crippen MR) is 56.0 cm³/mol. The van der Waals surface area contributed by atoms with Crippen LogP contribution >= 0.6 is 0 Å². The van der Waals surface area contributed by atoms with E-state index in [9.17, 15) is 9.59 Å². The molecule has 0 aliphatic heterocycles. The fourth-order valence-electron chi connectivity index (χ4n) is 1.44. The summed E-state index contributed by atoms with van der Waals surface area (Å²) in [6.07, 6.45) is 4.47. The summed E-state index contributed by atoms with van der Waals surface area (Å²) in [5, 5.41) is 8.42. The number of aliphatic carboxylic acids is 1. The first kappa shape index (κ1) is 11.5. The summed E-state index contributed by atoms with van der Waals surface area (Å²) in [6, 6.07) is 3.64. The highest BCUT2D eigenvalue weighted by Gasteiger charge is 1.99. The van der Waals surface area contributed by atoms with E-state index in [2.05, 4.69) is 4.98 Å². The maximum absolute atomic E-state index is 10.4. The van der Waals surface area contributed by atoms with Crippen LogP contribution < -0.4 is 0 Å². The van der Waals surface area contributed by atoms with E-state index in [4.69, 9.17) is 5.11 Å². The smallest absolute Gasteiger partial charge is 0.303 e. The Bertz CT molecular complexity index is 330. The average Bonchev–Trinajstić information content (AvgIpc) is 2.65. The molecule has 0 atom stereocenters. The zero-order valence-corrected chi connectivity index (χ0v) is 8.53. The molecule has 0 saturated heterocycles. The number of aryl methyl sites for hydroxylation is 1. The molecule has 4 heteroatoms. The number of unbranched alkanes of at least 4 members (excludes halogenated alkanes) is 2. The van der Waals surface area contributed by atoms with Crippen LogP contribution in [0.15, 0.2) is 12.1 Å². The zero-order chi connectivity index (χ0) is 11.1. The quantitative estimate of drug-likeness (QED) is 0.533. The molecule has 2 N–H and O–H groups in total. The summed E-state index contributed by atoms with van der Waals surface area (Å²) in [4.78, 5) is 23.6. The normalized spacial score (nSPS) is 10.1. The molecule has 4 nitrogen and oxygen atoms in total. The Labute approximate surface area is 88.3 Å². The third-order valence-electron chi connectivity index (χ3n) is 2.23. The van der Waals surface area contributed by atoms with E-state index in [1.165, 1.54) is 0 Å². The minimum atomic E-state index is -0.738. The number of nitrogens with one attached hydrogen (secondary N) is 1. The molecule has 0 amide bonds. The van der Waals surface area contributed by atoms with Gasteiger partial charge in [0.1, 0.15) is 0 Å². The zero-order valence-electron chi connectivity index (χ0n) is 8.53. The molecule has 0 bridgehead atoms. The van der Waals surface area contributed by atoms with Crippen molar-refractivity contribution in [1.29, 1.82) is 0 Å². The Balaban J connectivity index is 2.14. The molecular weight excluding hydrogens is 194 g/mol. The topological polar surface area (TPSA) is 70.2 Å². The summed E-state index contributed by atoms with van der Waals surface area (Å²) in [6.45, 7) is 0. The van der Waals surface area contributed by atoms with Crippen LogP contribution in [0.5, 0.6) is 0 Å². The van der Waals surface area contributed by atoms with E-state index in [0.717, 1.165) is 37.7 Å². The van der Waals surface area contributed by atoms with Gasteiger partial charge in [0, 0.05) is 12.1 Å². The SMILES string of the molecule is O=Cc1ccc(CCCCCC(=O)O)[nH]1. The largest absolute Gasteiger partial charge is 0.481 e. The Morgan fingerprint density at radius 1 is 1.33 bits per heavy atom. The van der Waals surface area contributed by atoms with Gasteiger partial charge in [0.25, 0.3) is 0 Å². The molecular formula is C11H15NO3. The van der Waals surface area contributed by atoms with Crippen LogP contribution in [0, 0.1) is 0 Å². The number of rotatable bonds is 7. The summed E-state index contributed by atoms with van der Waals surface area (Å²) in [5.41, 5.74) is 1.63. The molecule has 0 radical (unpaired) electrons. The van der Waals surface area contributed by atoms with Crippen LogP contribution in [0.2, 0.25) is 0 Å². The average molecular weight is 209 g/mol. The van der Waals surface area contributed by atoms with Crippen molar-refractivity contribution in [2.45, 2.75) is 32.1 Å². The van der Waals surface area contributed by atoms with Crippen molar-refractivity contribution >= 4 is 12.3 Å². The Kier molecular flexibility index (Phi) is 4.60. The van der Waals surface area contributed by atoms with Crippen molar-refractivity contribution in [2.75, 3.05) is 0 Å². The van der Waals surface area contributed by atoms with Crippen LogP contribution in [0.4, 0.5) is 0 Å². The fourth-order valence-corrected chi connectivity index (χ4v) is 1.44. The summed E-state index contributed by atoms with van der Waals surface area (Å²) in [7, 11) is 0. The number of carbonyl (C=O) groups is 2. The summed E-state index contributed by atoms with van der Waals surface area (Å²) < 4.78 is 0. The van der Waals surface area contributed by atoms with Crippen LogP contribution in [0.3, 0.4) is 0 Å². The molecule has 15 heavy (non-hydrogen) atoms. The first-order chi connectivity index (χ1) is 7.22. The van der Waals surface area contributed by atoms with Gasteiger partial charge >= 0.3 is 5.97 Å². The lowest BCUT2D eigenvalue weighted by Gasteiger charge is -1.97. The van der Waals surface area contributed by atoms with E-state index >= 15 is 0 Å². The standard InChI is InChI=1S/C11H15NO3/c13-8-10-7-6-9(12-10)4-2-1-3-5-11(14)15/h6-8,12H,1-5H2,(H,14,15). The third-order valence-corrected chi connectivity index (χ3v) is 2.23. The van der Waals surface area contributed by atoms with Crippen molar-refractivity contribution in [2.24, 2.45) is 0 Å². The molecule has 82 valence electrons. The monoisotopic (exact) mass is 209 g/mol. The molecule has 0 aromatic carbocycles. The maximum atomic E-state index is 10.4. The van der Waals surface area contributed by atoms with Crippen molar-refractivity contribution in [1.82, 2.24) is 4.98 Å². The van der Waals surface area contributed by atoms with Crippen LogP contribution in [-0.4, -0.2) is 22.3 Å². The molecule has 0 aliphatic rings. The van der Waals surface area contributed by atoms with E-state index in [1.807, 2.05) is 6.07 Å². The highest BCUT2D eigenvalue weighted by Crippen LogP contribution is 2.07. The Morgan fingerprint density at radius 2 is 2.13 bits per heavy atom. The summed E-state index contributed by atoms with van der Waals surface area (Å²) >= 11 is 0. The number of aromatic amines is 1. The van der Waals surface area contributed by atoms with Gasteiger partial charge in [-0.25, -0.2) is 0 Å². The number of H-pyrrole nitrogens is 1. The van der Waals surface area contributed by atoms with Crippen molar-refractivity contribution in [3.8, 4) is 0 Å². The van der Waals surface area contributed by atoms with Gasteiger partial charge in [0.15, 0.2) is 6.29 Å². The van der Waals surface area contributed by atoms with Crippen molar-refractivity contribution < 1.29 is 14.7 Å². The molecule has 1 rings (SSSR count). The number of aldehydes is 1. The number of hydrogen-bond donors (Lipinski definition) is 2. The molecule has 1 aromatic rings. The van der Waals surface area contributed by atoms with E-state index in [-0.39, 0.29) is 6.42 Å². The molecule has 0 fully saturated rings. The molecule has 1 aromatic heterocycles. The van der Waals surface area contributed by atoms with Gasteiger partial charge in [-0.3, -0.25) is 9.59 Å². The Morgan fingerprint density at radius 3 is 2.73 bits per heavy atom. The van der Waals surface area contributed by atoms with Crippen molar-refractivity contribution in [3.05, 3.63) is 23.5 Å². The molecule has 0 aliphatic carbocycles. The molecule has 0 saturated carbocycles. The van der Waals surface area contributed by atoms with Crippen LogP contribution in [0.25, 0.3) is 0 Å². The molecule has 1 heterocycles. The number of carboxylic acid groups (broad SMARTS) is 1. The second kappa shape index (κ2) is 6.01. The van der Waals surface area contributed by atoms with Gasteiger partial charge < -0.3 is 10.1 Å². The third kappa shape index (κ3) is 4.44. The highest BCUT2D eigenvalue weighted by atomic mass is 16.4. The van der Waals surface area contributed by atoms with Gasteiger partial charge in [-0.05, 0) is 31.4 Å². The fraction of sp³-hybridized carbons (Fsp3) is 0.455. The first-order valence-electron chi connectivity index (χ1n) is 5.07. The van der Waals surface area contributed by atoms with E-state index in [1.54, 1.807) is 6.07 Å². The lowest BCUT2D eigenvalue weighted by molar-refractivity contribution is -0.137. The lowest BCUT2D eigenvalue weighted by Crippen LogP contribution is -1.94. The summed E-state index contributed by atoms with van der Waals surface area (Å²) in [5.74, 6) is -0.738. The minimum absolute atomic E-state index is 0.240. The van der Waals surface area contributed by atoms with Gasteiger partial charge in [0.05, 0.1) is 5.69 Å². The minimum Gasteiger partial charge on any atom is -0.481 e. The lowest BCUT2D eigenvalue weighted by atomic mass is 10.1. The number of hydrogen-bond acceptors (Lipinski definition) is 2. The van der Waals surface area contributed by atoms with Gasteiger partial charge in [-0.1, -0.05) is 6.42 Å². The highest BCUT2D eigenvalue weighted by molar-refractivity contribution is 5.71. The molecule has 0 unspecified atom stereocenters. The number of carbonyl (C=O) groups excluding carboxylic acids is 1. The van der Waals surface area contributed by atoms with Crippen molar-refractivity contribution in [3.63, 3.8) is 0 Å². The first-order valence-corrected chi connectivity index (χ1v) is 5.07. The van der Waals surface area contributed by atoms with Gasteiger partial charge in [-0.2, -0.15) is 0 Å². The van der Waals surface area contributed by atoms with Gasteiger partial charge in [-0.15, -0.1) is 0 Å². The molecule has 0 spiro atoms. The van der Waals surface area contributed by atoms with E-state index in [0.29, 0.717) is 5.69 Å². The van der Waals surface area contributed by atoms with E-state index < -0.39 is 5.97 Å². The number of aromatic nitrogens is 1. The van der Waals surface area contributed by atoms with Gasteiger partial charge in [0.2, 0.25) is 0 Å².